The summed E-state index contributed by atoms with van der Waals surface area (Å²) in [4.78, 5) is 0. The number of hydrogen-bond acceptors (Lipinski definition) is 2. The zero-order chi connectivity index (χ0) is 34.9. The van der Waals surface area contributed by atoms with E-state index in [0.29, 0.717) is 17.8 Å². The van der Waals surface area contributed by atoms with Gasteiger partial charge in [-0.15, -0.1) is 0 Å². The van der Waals surface area contributed by atoms with Crippen molar-refractivity contribution in [1.82, 2.24) is 4.57 Å². The standard InChI is InChI=1S/C50H43NO2/c1-3-15-32(16-4-1)35-22-13-27-45-47(35)49(38-20-8-11-25-43(38)52-45)50-39-21-9-12-26-44(39)53-46-28-14-23-36(48(46)50)33-29-30-42-40(31-33)37-19-7-10-24-41(37)51(42)34-17-5-2-6-18-34/h1-9,12-15,17-21,23,26-32,35,45,47,49-50H,10-11,16,22,24-25H2. The molecule has 6 atom stereocenters. The molecule has 6 aliphatic rings. The average Bonchev–Trinajstić information content (AvgIpc) is 3.56. The monoisotopic (exact) mass is 689 g/mol. The van der Waals surface area contributed by atoms with Crippen molar-refractivity contribution >= 4 is 17.0 Å². The molecule has 3 nitrogen and oxygen atoms in total. The molecular weight excluding hydrogens is 647 g/mol. The first kappa shape index (κ1) is 31.0. The van der Waals surface area contributed by atoms with Crippen molar-refractivity contribution in [2.24, 2.45) is 23.7 Å². The van der Waals surface area contributed by atoms with Gasteiger partial charge in [-0.1, -0.05) is 109 Å². The van der Waals surface area contributed by atoms with Gasteiger partial charge in [-0.2, -0.15) is 0 Å². The second-order valence-corrected chi connectivity index (χ2v) is 15.6. The lowest BCUT2D eigenvalue weighted by atomic mass is 9.58. The van der Waals surface area contributed by atoms with Crippen molar-refractivity contribution in [3.8, 4) is 28.3 Å². The molecule has 4 aromatic carbocycles. The van der Waals surface area contributed by atoms with Gasteiger partial charge < -0.3 is 14.0 Å². The van der Waals surface area contributed by atoms with E-state index in [1.54, 1.807) is 0 Å². The van der Waals surface area contributed by atoms with E-state index in [1.165, 1.54) is 61.4 Å². The predicted octanol–water partition coefficient (Wildman–Crippen LogP) is 12.4. The molecule has 53 heavy (non-hydrogen) atoms. The van der Waals surface area contributed by atoms with Crippen LogP contribution in [0.2, 0.25) is 0 Å². The smallest absolute Gasteiger partial charge is 0.131 e. The summed E-state index contributed by atoms with van der Waals surface area (Å²) in [5.74, 6) is 4.75. The minimum atomic E-state index is 0.0568. The Morgan fingerprint density at radius 1 is 0.698 bits per heavy atom. The third-order valence-electron chi connectivity index (χ3n) is 12.9. The molecule has 5 aromatic rings. The summed E-state index contributed by atoms with van der Waals surface area (Å²) < 4.78 is 16.4. The number of rotatable bonds is 4. The van der Waals surface area contributed by atoms with Gasteiger partial charge in [0.2, 0.25) is 0 Å². The number of hydrogen-bond donors (Lipinski definition) is 0. The summed E-state index contributed by atoms with van der Waals surface area (Å²) >= 11 is 0. The summed E-state index contributed by atoms with van der Waals surface area (Å²) in [7, 11) is 0. The highest BCUT2D eigenvalue weighted by Crippen LogP contribution is 2.60. The zero-order valence-electron chi connectivity index (χ0n) is 29.9. The molecule has 3 heteroatoms. The zero-order valence-corrected chi connectivity index (χ0v) is 29.9. The second kappa shape index (κ2) is 12.6. The van der Waals surface area contributed by atoms with Crippen molar-refractivity contribution in [1.29, 1.82) is 0 Å². The van der Waals surface area contributed by atoms with Crippen molar-refractivity contribution in [2.45, 2.75) is 50.5 Å². The van der Waals surface area contributed by atoms with Gasteiger partial charge in [0.05, 0.1) is 5.52 Å². The van der Waals surface area contributed by atoms with E-state index in [0.717, 1.165) is 50.0 Å². The molecule has 0 bridgehead atoms. The number of para-hydroxylation sites is 2. The van der Waals surface area contributed by atoms with Crippen molar-refractivity contribution < 1.29 is 9.47 Å². The molecule has 0 amide bonds. The molecule has 260 valence electrons. The number of allylic oxidation sites excluding steroid dienone is 10. The summed E-state index contributed by atoms with van der Waals surface area (Å²) in [6.07, 6.45) is 29.9. The molecule has 4 aliphatic carbocycles. The Morgan fingerprint density at radius 2 is 1.57 bits per heavy atom. The van der Waals surface area contributed by atoms with E-state index >= 15 is 0 Å². The molecule has 3 heterocycles. The molecule has 2 aliphatic heterocycles. The molecular formula is C50H43NO2. The van der Waals surface area contributed by atoms with E-state index in [9.17, 15) is 0 Å². The fourth-order valence-electron chi connectivity index (χ4n) is 10.7. The van der Waals surface area contributed by atoms with E-state index in [-0.39, 0.29) is 17.9 Å². The van der Waals surface area contributed by atoms with Crippen LogP contribution >= 0.6 is 0 Å². The maximum atomic E-state index is 7.03. The van der Waals surface area contributed by atoms with Crippen molar-refractivity contribution in [3.63, 3.8) is 0 Å². The fourth-order valence-corrected chi connectivity index (χ4v) is 10.7. The lowest BCUT2D eigenvalue weighted by Crippen LogP contribution is -2.46. The molecule has 0 saturated heterocycles. The Balaban J connectivity index is 1.13. The average molecular weight is 690 g/mol. The van der Waals surface area contributed by atoms with Crippen LogP contribution in [0.4, 0.5) is 0 Å². The second-order valence-electron chi connectivity index (χ2n) is 15.6. The van der Waals surface area contributed by atoms with E-state index in [4.69, 9.17) is 9.47 Å². The highest BCUT2D eigenvalue weighted by atomic mass is 16.5. The topological polar surface area (TPSA) is 23.4 Å². The van der Waals surface area contributed by atoms with Crippen molar-refractivity contribution in [3.05, 3.63) is 179 Å². The maximum Gasteiger partial charge on any atom is 0.131 e. The summed E-state index contributed by atoms with van der Waals surface area (Å²) in [5.41, 5.74) is 11.7. The number of nitrogens with zero attached hydrogens (tertiary/aromatic N) is 1. The van der Waals surface area contributed by atoms with Gasteiger partial charge in [-0.05, 0) is 103 Å². The van der Waals surface area contributed by atoms with Crippen LogP contribution in [0.1, 0.15) is 60.4 Å². The van der Waals surface area contributed by atoms with Gasteiger partial charge in [-0.25, -0.2) is 0 Å². The Morgan fingerprint density at radius 3 is 2.49 bits per heavy atom. The van der Waals surface area contributed by atoms with Crippen LogP contribution in [-0.2, 0) is 11.2 Å². The summed E-state index contributed by atoms with van der Waals surface area (Å²) in [6, 6.07) is 33.6. The van der Waals surface area contributed by atoms with Crippen LogP contribution < -0.4 is 4.74 Å². The van der Waals surface area contributed by atoms with Crippen LogP contribution in [0.5, 0.6) is 11.5 Å². The SMILES string of the molecule is C1=CCC(C2CC=CC3OC4=C(C=CCC4)C(C4c5ccccc5Oc5cccc(-c6ccc7c(c6)c6c(n7-c7ccccc7)CCC=C6)c54)C32)C=C1. The highest BCUT2D eigenvalue weighted by molar-refractivity contribution is 5.96. The predicted molar refractivity (Wildman–Crippen MR) is 215 cm³/mol. The molecule has 1 aromatic heterocycles. The molecule has 11 rings (SSSR count). The Hall–Kier alpha value is -5.54. The molecule has 0 saturated carbocycles. The molecule has 0 spiro atoms. The normalized spacial score (nSPS) is 26.3. The quantitative estimate of drug-likeness (QED) is 0.175. The minimum absolute atomic E-state index is 0.0568. The number of ether oxygens (including phenoxy) is 2. The summed E-state index contributed by atoms with van der Waals surface area (Å²) in [6.45, 7) is 0. The van der Waals surface area contributed by atoms with Gasteiger partial charge in [0.1, 0.15) is 23.4 Å². The lowest BCUT2D eigenvalue weighted by Gasteiger charge is -2.51. The van der Waals surface area contributed by atoms with Gasteiger partial charge in [0.15, 0.2) is 0 Å². The molecule has 6 unspecified atom stereocenters. The largest absolute Gasteiger partial charge is 0.490 e. The van der Waals surface area contributed by atoms with Crippen LogP contribution in [0, 0.1) is 23.7 Å². The fraction of sp³-hybridized carbons (Fsp3) is 0.240. The van der Waals surface area contributed by atoms with Crippen LogP contribution in [0.15, 0.2) is 157 Å². The number of aromatic nitrogens is 1. The Kier molecular flexibility index (Phi) is 7.35. The number of fused-ring (bicyclic) bond motifs is 6. The number of benzene rings is 4. The van der Waals surface area contributed by atoms with Crippen LogP contribution in [0.3, 0.4) is 0 Å². The van der Waals surface area contributed by atoms with Crippen LogP contribution in [-0.4, -0.2) is 10.7 Å². The third-order valence-corrected chi connectivity index (χ3v) is 12.9. The Bertz CT molecular complexity index is 2450. The Labute approximate surface area is 312 Å². The minimum Gasteiger partial charge on any atom is -0.490 e. The van der Waals surface area contributed by atoms with Gasteiger partial charge in [-0.3, -0.25) is 0 Å². The van der Waals surface area contributed by atoms with Crippen molar-refractivity contribution in [2.75, 3.05) is 0 Å². The maximum absolute atomic E-state index is 7.03. The van der Waals surface area contributed by atoms with Gasteiger partial charge >= 0.3 is 0 Å². The third kappa shape index (κ3) is 4.93. The molecule has 0 fully saturated rings. The molecule has 0 radical (unpaired) electrons. The first-order valence-electron chi connectivity index (χ1n) is 19.7. The van der Waals surface area contributed by atoms with E-state index in [2.05, 4.69) is 156 Å². The van der Waals surface area contributed by atoms with E-state index < -0.39 is 0 Å². The highest BCUT2D eigenvalue weighted by Gasteiger charge is 2.51. The van der Waals surface area contributed by atoms with Gasteiger partial charge in [0.25, 0.3) is 0 Å². The first-order chi connectivity index (χ1) is 26.3. The molecule has 0 N–H and O–H groups in total. The lowest BCUT2D eigenvalue weighted by molar-refractivity contribution is -0.00421. The summed E-state index contributed by atoms with van der Waals surface area (Å²) in [5, 5.41) is 1.31. The first-order valence-corrected chi connectivity index (χ1v) is 19.7. The van der Waals surface area contributed by atoms with E-state index in [1.807, 2.05) is 0 Å². The van der Waals surface area contributed by atoms with Crippen LogP contribution in [0.25, 0.3) is 33.8 Å². The van der Waals surface area contributed by atoms with Gasteiger partial charge in [0, 0.05) is 57.6 Å².